The molecule has 0 bridgehead atoms. The molecule has 0 aliphatic heterocycles. The summed E-state index contributed by atoms with van der Waals surface area (Å²) in [4.78, 5) is 11.1. The zero-order valence-electron chi connectivity index (χ0n) is 15.5. The number of rotatable bonds is 3. The number of nitro groups is 1. The normalized spacial score (nSPS) is 12.1. The maximum Gasteiger partial charge on any atom is 0.311 e. The minimum absolute atomic E-state index is 0.0396. The van der Waals surface area contributed by atoms with Crippen LogP contribution in [0, 0.1) is 10.1 Å². The summed E-state index contributed by atoms with van der Waals surface area (Å²) in [6, 6.07) is 10.4. The third-order valence-corrected chi connectivity index (χ3v) is 4.23. The Bertz CT molecular complexity index is 802. The Balaban J connectivity index is 2.53. The summed E-state index contributed by atoms with van der Waals surface area (Å²) >= 11 is 6.11. The number of nitro benzene ring substituents is 1. The van der Waals surface area contributed by atoms with E-state index in [0.29, 0.717) is 10.8 Å². The smallest absolute Gasteiger partial charge is 0.311 e. The fourth-order valence-electron chi connectivity index (χ4n) is 2.51. The number of nitrogens with zero attached hydrogens (tertiary/aromatic N) is 1. The van der Waals surface area contributed by atoms with Gasteiger partial charge in [0.1, 0.15) is 5.75 Å². The van der Waals surface area contributed by atoms with E-state index in [4.69, 9.17) is 16.3 Å². The molecule has 0 unspecified atom stereocenters. The molecular formula is C20H24ClNO3. The van der Waals surface area contributed by atoms with Crippen LogP contribution in [0.2, 0.25) is 5.02 Å². The Hall–Kier alpha value is -2.07. The predicted octanol–water partition coefficient (Wildman–Crippen LogP) is 6.64. The van der Waals surface area contributed by atoms with E-state index in [1.165, 1.54) is 0 Å². The largest absolute Gasteiger partial charge is 0.450 e. The summed E-state index contributed by atoms with van der Waals surface area (Å²) in [5, 5.41) is 12.1. The molecule has 4 nitrogen and oxygen atoms in total. The summed E-state index contributed by atoms with van der Waals surface area (Å²) < 4.78 is 5.95. The average Bonchev–Trinajstić information content (AvgIpc) is 2.47. The molecule has 0 amide bonds. The number of benzene rings is 2. The maximum atomic E-state index is 11.5. The van der Waals surface area contributed by atoms with Crippen LogP contribution < -0.4 is 4.74 Å². The molecule has 0 aliphatic rings. The van der Waals surface area contributed by atoms with E-state index in [1.54, 1.807) is 24.3 Å². The first-order valence-electron chi connectivity index (χ1n) is 8.16. The van der Waals surface area contributed by atoms with Gasteiger partial charge >= 0.3 is 5.69 Å². The highest BCUT2D eigenvalue weighted by molar-refractivity contribution is 6.30. The Morgan fingerprint density at radius 2 is 1.52 bits per heavy atom. The highest BCUT2D eigenvalue weighted by atomic mass is 35.5. The molecular weight excluding hydrogens is 338 g/mol. The Morgan fingerprint density at radius 1 is 0.920 bits per heavy atom. The Labute approximate surface area is 153 Å². The van der Waals surface area contributed by atoms with Crippen LogP contribution in [0.1, 0.15) is 52.7 Å². The van der Waals surface area contributed by atoms with Crippen molar-refractivity contribution < 1.29 is 9.66 Å². The molecule has 25 heavy (non-hydrogen) atoms. The van der Waals surface area contributed by atoms with E-state index < -0.39 is 4.92 Å². The highest BCUT2D eigenvalue weighted by Crippen LogP contribution is 2.40. The molecule has 2 aromatic carbocycles. The van der Waals surface area contributed by atoms with Gasteiger partial charge < -0.3 is 4.74 Å². The van der Waals surface area contributed by atoms with Gasteiger partial charge in [-0.3, -0.25) is 10.1 Å². The van der Waals surface area contributed by atoms with Crippen LogP contribution >= 0.6 is 11.6 Å². The molecule has 0 saturated heterocycles. The summed E-state index contributed by atoms with van der Waals surface area (Å²) in [7, 11) is 0. The summed E-state index contributed by atoms with van der Waals surface area (Å²) in [5.74, 6) is 0.800. The molecule has 0 radical (unpaired) electrons. The van der Waals surface area contributed by atoms with Crippen molar-refractivity contribution in [1.82, 2.24) is 0 Å². The lowest BCUT2D eigenvalue weighted by atomic mass is 9.86. The van der Waals surface area contributed by atoms with Crippen LogP contribution in [0.15, 0.2) is 36.4 Å². The molecule has 2 rings (SSSR count). The minimum Gasteiger partial charge on any atom is -0.450 e. The van der Waals surface area contributed by atoms with Gasteiger partial charge in [-0.15, -0.1) is 0 Å². The summed E-state index contributed by atoms with van der Waals surface area (Å²) in [5.41, 5.74) is 1.36. The molecule has 5 heteroatoms. The van der Waals surface area contributed by atoms with Crippen LogP contribution in [-0.2, 0) is 10.8 Å². The van der Waals surface area contributed by atoms with Crippen molar-refractivity contribution in [1.29, 1.82) is 0 Å². The fraction of sp³-hybridized carbons (Fsp3) is 0.400. The van der Waals surface area contributed by atoms with Crippen molar-refractivity contribution in [3.63, 3.8) is 0 Å². The molecule has 0 aromatic heterocycles. The van der Waals surface area contributed by atoms with Gasteiger partial charge in [0, 0.05) is 16.7 Å². The van der Waals surface area contributed by atoms with Gasteiger partial charge in [-0.1, -0.05) is 59.2 Å². The molecule has 0 spiro atoms. The first-order valence-corrected chi connectivity index (χ1v) is 8.54. The van der Waals surface area contributed by atoms with Crippen LogP contribution in [0.3, 0.4) is 0 Å². The van der Waals surface area contributed by atoms with Crippen molar-refractivity contribution >= 4 is 17.3 Å². The van der Waals surface area contributed by atoms with Crippen molar-refractivity contribution in [3.8, 4) is 11.5 Å². The van der Waals surface area contributed by atoms with Gasteiger partial charge in [0.25, 0.3) is 0 Å². The van der Waals surface area contributed by atoms with E-state index in [2.05, 4.69) is 0 Å². The third kappa shape index (κ3) is 4.51. The predicted molar refractivity (Wildman–Crippen MR) is 102 cm³/mol. The Morgan fingerprint density at radius 3 is 2.04 bits per heavy atom. The van der Waals surface area contributed by atoms with Crippen LogP contribution in [0.5, 0.6) is 11.5 Å². The topological polar surface area (TPSA) is 52.4 Å². The van der Waals surface area contributed by atoms with Crippen LogP contribution in [0.4, 0.5) is 5.69 Å². The fourth-order valence-corrected chi connectivity index (χ4v) is 2.68. The number of halogens is 1. The number of ether oxygens (including phenoxy) is 1. The Kier molecular flexibility index (Phi) is 5.14. The second-order valence-corrected chi connectivity index (χ2v) is 8.62. The monoisotopic (exact) mass is 361 g/mol. The van der Waals surface area contributed by atoms with Crippen molar-refractivity contribution in [2.24, 2.45) is 0 Å². The van der Waals surface area contributed by atoms with Crippen molar-refractivity contribution in [2.45, 2.75) is 52.4 Å². The van der Waals surface area contributed by atoms with Gasteiger partial charge in [-0.2, -0.15) is 0 Å². The maximum absolute atomic E-state index is 11.5. The van der Waals surface area contributed by atoms with Gasteiger partial charge in [0.2, 0.25) is 5.75 Å². The molecule has 0 saturated carbocycles. The zero-order chi connectivity index (χ0) is 19.0. The lowest BCUT2D eigenvalue weighted by Gasteiger charge is -2.23. The quantitative estimate of drug-likeness (QED) is 0.455. The SMILES string of the molecule is CC(C)(C)c1ccc(Oc2ccc(Cl)cc2C(C)(C)C)c([N+](=O)[O-])c1. The van der Waals surface area contributed by atoms with Gasteiger partial charge in [-0.05, 0) is 40.7 Å². The van der Waals surface area contributed by atoms with Crippen molar-refractivity contribution in [2.75, 3.05) is 0 Å². The first kappa shape index (κ1) is 19.3. The molecule has 0 N–H and O–H groups in total. The second kappa shape index (κ2) is 6.68. The molecule has 0 atom stereocenters. The molecule has 2 aromatic rings. The number of hydrogen-bond donors (Lipinski definition) is 0. The van der Waals surface area contributed by atoms with Crippen LogP contribution in [-0.4, -0.2) is 4.92 Å². The molecule has 0 heterocycles. The summed E-state index contributed by atoms with van der Waals surface area (Å²) in [6.45, 7) is 12.2. The average molecular weight is 362 g/mol. The first-order chi connectivity index (χ1) is 11.4. The number of hydrogen-bond acceptors (Lipinski definition) is 3. The minimum atomic E-state index is -0.406. The van der Waals surface area contributed by atoms with Gasteiger partial charge in [0.15, 0.2) is 0 Å². The molecule has 0 fully saturated rings. The summed E-state index contributed by atoms with van der Waals surface area (Å²) in [6.07, 6.45) is 0. The third-order valence-electron chi connectivity index (χ3n) is 3.99. The van der Waals surface area contributed by atoms with Crippen LogP contribution in [0.25, 0.3) is 0 Å². The standard InChI is InChI=1S/C20H24ClNO3/c1-19(2,3)13-7-9-18(16(11-13)22(23)24)25-17-10-8-14(21)12-15(17)20(4,5)6/h7-12H,1-6H3. The van der Waals surface area contributed by atoms with E-state index in [1.807, 2.05) is 53.7 Å². The highest BCUT2D eigenvalue weighted by Gasteiger charge is 2.25. The molecule has 134 valence electrons. The van der Waals surface area contributed by atoms with E-state index in [9.17, 15) is 10.1 Å². The lowest BCUT2D eigenvalue weighted by Crippen LogP contribution is -2.13. The van der Waals surface area contributed by atoms with Gasteiger partial charge in [0.05, 0.1) is 4.92 Å². The van der Waals surface area contributed by atoms with E-state index in [-0.39, 0.29) is 22.3 Å². The zero-order valence-corrected chi connectivity index (χ0v) is 16.3. The second-order valence-electron chi connectivity index (χ2n) is 8.18. The van der Waals surface area contributed by atoms with E-state index in [0.717, 1.165) is 11.1 Å². The van der Waals surface area contributed by atoms with E-state index >= 15 is 0 Å². The molecule has 0 aliphatic carbocycles. The van der Waals surface area contributed by atoms with Gasteiger partial charge in [-0.25, -0.2) is 0 Å². The lowest BCUT2D eigenvalue weighted by molar-refractivity contribution is -0.385. The van der Waals surface area contributed by atoms with Crippen molar-refractivity contribution in [3.05, 3.63) is 62.7 Å².